The van der Waals surface area contributed by atoms with Crippen molar-refractivity contribution in [2.75, 3.05) is 13.2 Å². The highest BCUT2D eigenvalue weighted by atomic mass is 79.9. The fourth-order valence-corrected chi connectivity index (χ4v) is 2.82. The van der Waals surface area contributed by atoms with E-state index in [0.717, 1.165) is 15.6 Å². The molecule has 0 radical (unpaired) electrons. The van der Waals surface area contributed by atoms with Gasteiger partial charge < -0.3 is 15.0 Å². The minimum atomic E-state index is -0.595. The number of halogens is 1. The molecule has 6 heteroatoms. The number of aryl methyl sites for hydroxylation is 1. The minimum absolute atomic E-state index is 0.122. The summed E-state index contributed by atoms with van der Waals surface area (Å²) in [6.45, 7) is 6.30. The zero-order valence-corrected chi connectivity index (χ0v) is 17.5. The number of ether oxygens (including phenoxy) is 1. The Morgan fingerprint density at radius 2 is 1.74 bits per heavy atom. The summed E-state index contributed by atoms with van der Waals surface area (Å²) in [6.07, 6.45) is 0. The molecule has 2 rings (SSSR count). The van der Waals surface area contributed by atoms with Gasteiger partial charge in [-0.2, -0.15) is 0 Å². The van der Waals surface area contributed by atoms with Gasteiger partial charge in [-0.25, -0.2) is 0 Å². The summed E-state index contributed by atoms with van der Waals surface area (Å²) in [5.41, 5.74) is 2.06. The van der Waals surface area contributed by atoms with Crippen molar-refractivity contribution in [2.45, 2.75) is 33.4 Å². The molecule has 0 saturated carbocycles. The van der Waals surface area contributed by atoms with Crippen LogP contribution in [0.25, 0.3) is 0 Å². The summed E-state index contributed by atoms with van der Waals surface area (Å²) in [4.78, 5) is 26.7. The van der Waals surface area contributed by atoms with E-state index in [1.807, 2.05) is 62.4 Å². The smallest absolute Gasteiger partial charge is 0.261 e. The van der Waals surface area contributed by atoms with Crippen LogP contribution in [-0.4, -0.2) is 35.9 Å². The number of rotatable bonds is 8. The van der Waals surface area contributed by atoms with Crippen LogP contribution in [0.15, 0.2) is 53.0 Å². The molecule has 0 spiro atoms. The maximum Gasteiger partial charge on any atom is 0.261 e. The van der Waals surface area contributed by atoms with Gasteiger partial charge in [0, 0.05) is 17.6 Å². The molecule has 0 aliphatic heterocycles. The van der Waals surface area contributed by atoms with Crippen molar-refractivity contribution in [1.29, 1.82) is 0 Å². The van der Waals surface area contributed by atoms with E-state index in [1.165, 1.54) is 0 Å². The van der Waals surface area contributed by atoms with Gasteiger partial charge in [0.1, 0.15) is 11.8 Å². The molecule has 1 unspecified atom stereocenters. The van der Waals surface area contributed by atoms with Gasteiger partial charge in [0.05, 0.1) is 0 Å². The van der Waals surface area contributed by atoms with Crippen LogP contribution in [0.5, 0.6) is 5.75 Å². The maximum absolute atomic E-state index is 12.8. The third-order valence-electron chi connectivity index (χ3n) is 4.17. The number of amides is 2. The average Bonchev–Trinajstić information content (AvgIpc) is 2.66. The van der Waals surface area contributed by atoms with Gasteiger partial charge in [0.2, 0.25) is 5.91 Å². The lowest BCUT2D eigenvalue weighted by molar-refractivity contribution is -0.142. The van der Waals surface area contributed by atoms with E-state index < -0.39 is 6.04 Å². The second-order valence-corrected chi connectivity index (χ2v) is 7.24. The van der Waals surface area contributed by atoms with Crippen LogP contribution in [-0.2, 0) is 16.1 Å². The molecule has 0 aliphatic carbocycles. The van der Waals surface area contributed by atoms with Crippen LogP contribution in [0.4, 0.5) is 0 Å². The highest BCUT2D eigenvalue weighted by Gasteiger charge is 2.26. The highest BCUT2D eigenvalue weighted by molar-refractivity contribution is 9.10. The molecule has 2 aromatic carbocycles. The molecule has 27 heavy (non-hydrogen) atoms. The van der Waals surface area contributed by atoms with Crippen LogP contribution in [0.1, 0.15) is 25.0 Å². The van der Waals surface area contributed by atoms with Crippen molar-refractivity contribution in [1.82, 2.24) is 10.2 Å². The molecule has 5 nitrogen and oxygen atoms in total. The van der Waals surface area contributed by atoms with Gasteiger partial charge in [-0.1, -0.05) is 45.8 Å². The van der Waals surface area contributed by atoms with E-state index in [9.17, 15) is 9.59 Å². The van der Waals surface area contributed by atoms with Crippen LogP contribution >= 0.6 is 15.9 Å². The SMILES string of the molecule is CCNC(=O)C(C)N(Cc1ccc(Br)cc1)C(=O)COc1ccc(C)cc1. The first-order chi connectivity index (χ1) is 12.9. The third-order valence-corrected chi connectivity index (χ3v) is 4.70. The summed E-state index contributed by atoms with van der Waals surface area (Å²) < 4.78 is 6.58. The van der Waals surface area contributed by atoms with Gasteiger partial charge in [-0.3, -0.25) is 9.59 Å². The normalized spacial score (nSPS) is 11.6. The Morgan fingerprint density at radius 3 is 2.33 bits per heavy atom. The van der Waals surface area contributed by atoms with Gasteiger partial charge in [-0.05, 0) is 50.6 Å². The topological polar surface area (TPSA) is 58.6 Å². The lowest BCUT2D eigenvalue weighted by atomic mass is 10.1. The fraction of sp³-hybridized carbons (Fsp3) is 0.333. The van der Waals surface area contributed by atoms with E-state index in [0.29, 0.717) is 18.8 Å². The van der Waals surface area contributed by atoms with Crippen molar-refractivity contribution < 1.29 is 14.3 Å². The molecule has 2 aromatic rings. The van der Waals surface area contributed by atoms with Crippen molar-refractivity contribution in [3.05, 3.63) is 64.1 Å². The van der Waals surface area contributed by atoms with E-state index in [4.69, 9.17) is 4.74 Å². The van der Waals surface area contributed by atoms with Crippen molar-refractivity contribution in [3.63, 3.8) is 0 Å². The summed E-state index contributed by atoms with van der Waals surface area (Å²) in [5.74, 6) is 0.207. The number of nitrogens with zero attached hydrogens (tertiary/aromatic N) is 1. The first kappa shape index (κ1) is 21.0. The Kier molecular flexibility index (Phi) is 7.85. The van der Waals surface area contributed by atoms with Crippen LogP contribution < -0.4 is 10.1 Å². The number of hydrogen-bond acceptors (Lipinski definition) is 3. The molecule has 2 amide bonds. The predicted octanol–water partition coefficient (Wildman–Crippen LogP) is 3.69. The molecule has 0 aliphatic rings. The molecule has 0 saturated heterocycles. The molecule has 144 valence electrons. The van der Waals surface area contributed by atoms with Crippen LogP contribution in [0.3, 0.4) is 0 Å². The zero-order valence-electron chi connectivity index (χ0n) is 15.9. The second kappa shape index (κ2) is 10.1. The van der Waals surface area contributed by atoms with Crippen molar-refractivity contribution in [2.24, 2.45) is 0 Å². The lowest BCUT2D eigenvalue weighted by Gasteiger charge is -2.28. The first-order valence-corrected chi connectivity index (χ1v) is 9.71. The largest absolute Gasteiger partial charge is 0.484 e. The molecule has 0 fully saturated rings. The molecule has 1 atom stereocenters. The van der Waals surface area contributed by atoms with E-state index in [-0.39, 0.29) is 18.4 Å². The average molecular weight is 433 g/mol. The Morgan fingerprint density at radius 1 is 1.11 bits per heavy atom. The highest BCUT2D eigenvalue weighted by Crippen LogP contribution is 2.16. The molecule has 0 bridgehead atoms. The van der Waals surface area contributed by atoms with Crippen molar-refractivity contribution >= 4 is 27.7 Å². The van der Waals surface area contributed by atoms with E-state index >= 15 is 0 Å². The maximum atomic E-state index is 12.8. The van der Waals surface area contributed by atoms with Crippen LogP contribution in [0, 0.1) is 6.92 Å². The van der Waals surface area contributed by atoms with Gasteiger partial charge in [-0.15, -0.1) is 0 Å². The zero-order chi connectivity index (χ0) is 19.8. The fourth-order valence-electron chi connectivity index (χ4n) is 2.55. The molecular formula is C21H25BrN2O3. The summed E-state index contributed by atoms with van der Waals surface area (Å²) in [5, 5.41) is 2.77. The second-order valence-electron chi connectivity index (χ2n) is 6.32. The summed E-state index contributed by atoms with van der Waals surface area (Å²) in [6, 6.07) is 14.6. The monoisotopic (exact) mass is 432 g/mol. The third kappa shape index (κ3) is 6.40. The number of likely N-dealkylation sites (N-methyl/N-ethyl adjacent to an activating group) is 1. The standard InChI is InChI=1S/C21H25BrN2O3/c1-4-23-21(26)16(3)24(13-17-7-9-18(22)10-8-17)20(25)14-27-19-11-5-15(2)6-12-19/h5-12,16H,4,13-14H2,1-3H3,(H,23,26). The van der Waals surface area contributed by atoms with Crippen LogP contribution in [0.2, 0.25) is 0 Å². The van der Waals surface area contributed by atoms with Gasteiger partial charge in [0.15, 0.2) is 6.61 Å². The summed E-state index contributed by atoms with van der Waals surface area (Å²) in [7, 11) is 0. The number of carbonyl (C=O) groups is 2. The Balaban J connectivity index is 2.11. The molecule has 0 heterocycles. The number of benzene rings is 2. The van der Waals surface area contributed by atoms with Gasteiger partial charge >= 0.3 is 0 Å². The number of hydrogen-bond donors (Lipinski definition) is 1. The first-order valence-electron chi connectivity index (χ1n) is 8.91. The molecule has 0 aromatic heterocycles. The Labute approximate surface area is 168 Å². The summed E-state index contributed by atoms with van der Waals surface area (Å²) >= 11 is 3.40. The minimum Gasteiger partial charge on any atom is -0.484 e. The quantitative estimate of drug-likeness (QED) is 0.691. The van der Waals surface area contributed by atoms with E-state index in [2.05, 4.69) is 21.2 Å². The molecular weight excluding hydrogens is 408 g/mol. The number of carbonyl (C=O) groups excluding carboxylic acids is 2. The Hall–Kier alpha value is -2.34. The molecule has 1 N–H and O–H groups in total. The van der Waals surface area contributed by atoms with E-state index in [1.54, 1.807) is 11.8 Å². The lowest BCUT2D eigenvalue weighted by Crippen LogP contribution is -2.49. The Bertz CT molecular complexity index is 760. The van der Waals surface area contributed by atoms with Crippen molar-refractivity contribution in [3.8, 4) is 5.75 Å². The predicted molar refractivity (Wildman–Crippen MR) is 110 cm³/mol. The number of nitrogens with one attached hydrogen (secondary N) is 1. The van der Waals surface area contributed by atoms with Gasteiger partial charge in [0.25, 0.3) is 5.91 Å².